The maximum Gasteiger partial charge on any atom is 0.190 e. The minimum Gasteiger partial charge on any atom is -0.381 e. The van der Waals surface area contributed by atoms with Crippen molar-refractivity contribution in [3.8, 4) is 0 Å². The lowest BCUT2D eigenvalue weighted by Crippen LogP contribution is -2.38. The molecule has 2 rings (SSSR count). The second-order valence-electron chi connectivity index (χ2n) is 6.06. The zero-order valence-corrected chi connectivity index (χ0v) is 17.5. The van der Waals surface area contributed by atoms with E-state index >= 15 is 0 Å². The van der Waals surface area contributed by atoms with Gasteiger partial charge in [-0.1, -0.05) is 0 Å². The molecule has 25 heavy (non-hydrogen) atoms. The third-order valence-electron chi connectivity index (χ3n) is 4.12. The van der Waals surface area contributed by atoms with Gasteiger partial charge >= 0.3 is 0 Å². The molecule has 0 spiro atoms. The highest BCUT2D eigenvalue weighted by atomic mass is 127. The van der Waals surface area contributed by atoms with Crippen molar-refractivity contribution in [3.63, 3.8) is 0 Å². The van der Waals surface area contributed by atoms with Gasteiger partial charge in [0.2, 0.25) is 0 Å². The summed E-state index contributed by atoms with van der Waals surface area (Å²) >= 11 is 0. The lowest BCUT2D eigenvalue weighted by Gasteiger charge is -2.21. The summed E-state index contributed by atoms with van der Waals surface area (Å²) in [7, 11) is 1.80. The second-order valence-corrected chi connectivity index (χ2v) is 6.06. The molecule has 8 heteroatoms. The fourth-order valence-corrected chi connectivity index (χ4v) is 2.65. The lowest BCUT2D eigenvalue weighted by atomic mass is 10.0. The zero-order valence-electron chi connectivity index (χ0n) is 15.2. The molecule has 0 atom stereocenters. The highest BCUT2D eigenvalue weighted by molar-refractivity contribution is 14.0. The van der Waals surface area contributed by atoms with Crippen LogP contribution in [0.5, 0.6) is 0 Å². The maximum absolute atomic E-state index is 5.76. The molecule has 2 heterocycles. The first-order valence-corrected chi connectivity index (χ1v) is 8.94. The monoisotopic (exact) mass is 465 g/mol. The average molecular weight is 465 g/mol. The summed E-state index contributed by atoms with van der Waals surface area (Å²) in [5.41, 5.74) is 0. The SMILES string of the molecule is CN=C(NCCCOCC1CCOCC1)NCCCn1ccnc1.I. The summed E-state index contributed by atoms with van der Waals surface area (Å²) in [5, 5.41) is 6.65. The predicted molar refractivity (Wildman–Crippen MR) is 111 cm³/mol. The molecule has 1 aliphatic heterocycles. The third kappa shape index (κ3) is 10.0. The largest absolute Gasteiger partial charge is 0.381 e. The van der Waals surface area contributed by atoms with Crippen molar-refractivity contribution in [2.45, 2.75) is 32.2 Å². The van der Waals surface area contributed by atoms with Crippen LogP contribution in [-0.4, -0.2) is 62.1 Å². The Balaban J connectivity index is 0.00000312. The highest BCUT2D eigenvalue weighted by Gasteiger charge is 2.13. The Kier molecular flexibility index (Phi) is 12.7. The van der Waals surface area contributed by atoms with Crippen LogP contribution in [0.3, 0.4) is 0 Å². The van der Waals surface area contributed by atoms with Crippen molar-refractivity contribution >= 4 is 29.9 Å². The van der Waals surface area contributed by atoms with E-state index in [9.17, 15) is 0 Å². The first-order valence-electron chi connectivity index (χ1n) is 8.94. The van der Waals surface area contributed by atoms with Crippen LogP contribution in [0.25, 0.3) is 0 Å². The molecule has 0 aromatic carbocycles. The summed E-state index contributed by atoms with van der Waals surface area (Å²) < 4.78 is 13.2. The molecule has 1 fully saturated rings. The molecule has 0 amide bonds. The number of aryl methyl sites for hydroxylation is 1. The molecule has 1 aromatic rings. The van der Waals surface area contributed by atoms with Crippen LogP contribution in [0.2, 0.25) is 0 Å². The molecule has 1 aliphatic rings. The molecule has 0 radical (unpaired) electrons. The van der Waals surface area contributed by atoms with Crippen molar-refractivity contribution in [2.75, 3.05) is 46.6 Å². The Hall–Kier alpha value is -0.870. The predicted octanol–water partition coefficient (Wildman–Crippen LogP) is 1.89. The molecule has 1 aromatic heterocycles. The van der Waals surface area contributed by atoms with E-state index in [4.69, 9.17) is 9.47 Å². The summed E-state index contributed by atoms with van der Waals surface area (Å²) in [6.45, 7) is 6.15. The molecule has 0 aliphatic carbocycles. The summed E-state index contributed by atoms with van der Waals surface area (Å²) in [4.78, 5) is 8.27. The molecular formula is C17H32IN5O2. The van der Waals surface area contributed by atoms with E-state index < -0.39 is 0 Å². The number of nitrogens with one attached hydrogen (secondary N) is 2. The number of rotatable bonds is 10. The van der Waals surface area contributed by atoms with Gasteiger partial charge in [-0.15, -0.1) is 24.0 Å². The van der Waals surface area contributed by atoms with Crippen LogP contribution in [-0.2, 0) is 16.0 Å². The minimum atomic E-state index is 0. The average Bonchev–Trinajstić information content (AvgIpc) is 3.14. The van der Waals surface area contributed by atoms with Crippen molar-refractivity contribution in [1.29, 1.82) is 0 Å². The quantitative estimate of drug-likeness (QED) is 0.239. The van der Waals surface area contributed by atoms with Gasteiger partial charge in [-0.3, -0.25) is 4.99 Å². The first kappa shape index (κ1) is 22.2. The number of aliphatic imine (C=N–C) groups is 1. The van der Waals surface area contributed by atoms with Gasteiger partial charge in [0.05, 0.1) is 6.33 Å². The number of nitrogens with zero attached hydrogens (tertiary/aromatic N) is 3. The molecule has 7 nitrogen and oxygen atoms in total. The molecule has 1 saturated heterocycles. The van der Waals surface area contributed by atoms with E-state index in [0.717, 1.165) is 77.7 Å². The Morgan fingerprint density at radius 3 is 2.72 bits per heavy atom. The molecular weight excluding hydrogens is 433 g/mol. The highest BCUT2D eigenvalue weighted by Crippen LogP contribution is 2.14. The van der Waals surface area contributed by atoms with Crippen molar-refractivity contribution in [2.24, 2.45) is 10.9 Å². The Labute approximate surface area is 168 Å². The van der Waals surface area contributed by atoms with Gasteiger partial charge in [0, 0.05) is 65.5 Å². The zero-order chi connectivity index (χ0) is 16.9. The molecule has 0 unspecified atom stereocenters. The Morgan fingerprint density at radius 2 is 2.04 bits per heavy atom. The third-order valence-corrected chi connectivity index (χ3v) is 4.12. The molecule has 144 valence electrons. The second kappa shape index (κ2) is 14.3. The fraction of sp³-hybridized carbons (Fsp3) is 0.765. The number of hydrogen-bond donors (Lipinski definition) is 2. The van der Waals surface area contributed by atoms with Gasteiger partial charge in [0.15, 0.2) is 5.96 Å². The number of guanidine groups is 1. The van der Waals surface area contributed by atoms with E-state index in [-0.39, 0.29) is 24.0 Å². The van der Waals surface area contributed by atoms with Gasteiger partial charge in [0.25, 0.3) is 0 Å². The minimum absolute atomic E-state index is 0. The number of aromatic nitrogens is 2. The van der Waals surface area contributed by atoms with Crippen molar-refractivity contribution in [3.05, 3.63) is 18.7 Å². The van der Waals surface area contributed by atoms with E-state index in [1.165, 1.54) is 0 Å². The van der Waals surface area contributed by atoms with Gasteiger partial charge in [-0.05, 0) is 31.6 Å². The van der Waals surface area contributed by atoms with Crippen LogP contribution in [0.1, 0.15) is 25.7 Å². The van der Waals surface area contributed by atoms with Crippen LogP contribution in [0.15, 0.2) is 23.7 Å². The van der Waals surface area contributed by atoms with E-state index in [1.807, 2.05) is 12.5 Å². The van der Waals surface area contributed by atoms with Crippen LogP contribution in [0.4, 0.5) is 0 Å². The van der Waals surface area contributed by atoms with Crippen molar-refractivity contribution < 1.29 is 9.47 Å². The first-order chi connectivity index (χ1) is 11.9. The van der Waals surface area contributed by atoms with E-state index in [0.29, 0.717) is 5.92 Å². The van der Waals surface area contributed by atoms with Crippen molar-refractivity contribution in [1.82, 2.24) is 20.2 Å². The number of halogens is 1. The van der Waals surface area contributed by atoms with Gasteiger partial charge in [0.1, 0.15) is 0 Å². The Bertz CT molecular complexity index is 450. The molecule has 0 saturated carbocycles. The molecule has 2 N–H and O–H groups in total. The van der Waals surface area contributed by atoms with Crippen LogP contribution in [0, 0.1) is 5.92 Å². The summed E-state index contributed by atoms with van der Waals surface area (Å²) in [5.74, 6) is 1.53. The Morgan fingerprint density at radius 1 is 1.28 bits per heavy atom. The number of hydrogen-bond acceptors (Lipinski definition) is 4. The van der Waals surface area contributed by atoms with Gasteiger partial charge in [-0.25, -0.2) is 4.98 Å². The summed E-state index contributed by atoms with van der Waals surface area (Å²) in [6.07, 6.45) is 9.91. The normalized spacial score (nSPS) is 15.6. The fourth-order valence-electron chi connectivity index (χ4n) is 2.65. The number of imidazole rings is 1. The molecule has 0 bridgehead atoms. The van der Waals surface area contributed by atoms with Gasteiger partial charge < -0.3 is 24.7 Å². The van der Waals surface area contributed by atoms with Crippen LogP contribution >= 0.6 is 24.0 Å². The standard InChI is InChI=1S/C17H31N5O2.HI/c1-18-17(20-6-2-9-22-10-8-19-15-22)21-7-3-11-24-14-16-4-12-23-13-5-16;/h8,10,15-16H,2-7,9,11-14H2,1H3,(H2,18,20,21);1H. The van der Waals surface area contributed by atoms with Crippen LogP contribution < -0.4 is 10.6 Å². The summed E-state index contributed by atoms with van der Waals surface area (Å²) in [6, 6.07) is 0. The van der Waals surface area contributed by atoms with E-state index in [2.05, 4.69) is 25.2 Å². The number of ether oxygens (including phenoxy) is 2. The van der Waals surface area contributed by atoms with E-state index in [1.54, 1.807) is 13.2 Å². The topological polar surface area (TPSA) is 72.7 Å². The lowest BCUT2D eigenvalue weighted by molar-refractivity contribution is 0.0203. The maximum atomic E-state index is 5.76. The van der Waals surface area contributed by atoms with Gasteiger partial charge in [-0.2, -0.15) is 0 Å². The smallest absolute Gasteiger partial charge is 0.190 e.